The maximum Gasteiger partial charge on any atom is 0.282 e. The van der Waals surface area contributed by atoms with Crippen molar-refractivity contribution in [2.75, 3.05) is 24.4 Å². The van der Waals surface area contributed by atoms with Crippen molar-refractivity contribution in [3.05, 3.63) is 130 Å². The first-order valence-corrected chi connectivity index (χ1v) is 12.5. The van der Waals surface area contributed by atoms with E-state index in [4.69, 9.17) is 9.47 Å². The number of carbonyl (C=O) groups is 2. The molecule has 0 fully saturated rings. The van der Waals surface area contributed by atoms with E-state index in [0.717, 1.165) is 5.56 Å². The quantitative estimate of drug-likeness (QED) is 0.171. The van der Waals surface area contributed by atoms with Crippen LogP contribution in [0.5, 0.6) is 11.5 Å². The molecule has 0 saturated carbocycles. The standard InChI is InChI=1S/C31H24N4O6/c1-40-25-16-17-28(41-2)26(19-25)33-30(36)22-10-14-23(15-11-22)34-29(21-6-4-3-5-7-21)32-27(31(34)37)18-20-8-12-24(13-9-20)35(38)39/h3-19H,1-2H3,(H,33,36)/b27-18+. The first-order chi connectivity index (χ1) is 19.9. The highest BCUT2D eigenvalue weighted by molar-refractivity contribution is 6.33. The largest absolute Gasteiger partial charge is 0.497 e. The minimum atomic E-state index is -0.484. The van der Waals surface area contributed by atoms with E-state index < -0.39 is 4.92 Å². The lowest BCUT2D eigenvalue weighted by atomic mass is 10.1. The summed E-state index contributed by atoms with van der Waals surface area (Å²) in [6, 6.07) is 26.8. The number of benzene rings is 4. The van der Waals surface area contributed by atoms with E-state index in [-0.39, 0.29) is 23.2 Å². The molecule has 10 heteroatoms. The molecule has 0 saturated heterocycles. The van der Waals surface area contributed by atoms with Crippen molar-refractivity contribution in [3.63, 3.8) is 0 Å². The fourth-order valence-corrected chi connectivity index (χ4v) is 4.26. The van der Waals surface area contributed by atoms with E-state index in [1.807, 2.05) is 30.3 Å². The zero-order valence-corrected chi connectivity index (χ0v) is 22.1. The molecule has 2 amide bonds. The van der Waals surface area contributed by atoms with Gasteiger partial charge in [0.15, 0.2) is 0 Å². The number of rotatable bonds is 8. The lowest BCUT2D eigenvalue weighted by molar-refractivity contribution is -0.384. The lowest BCUT2D eigenvalue weighted by Crippen LogP contribution is -2.32. The molecular weight excluding hydrogens is 524 g/mol. The number of amides is 2. The highest BCUT2D eigenvalue weighted by atomic mass is 16.6. The molecule has 0 unspecified atom stereocenters. The molecule has 4 aromatic rings. The van der Waals surface area contributed by atoms with E-state index in [1.165, 1.54) is 31.3 Å². The summed E-state index contributed by atoms with van der Waals surface area (Å²) in [5.74, 6) is 0.720. The normalized spacial score (nSPS) is 13.6. The first-order valence-electron chi connectivity index (χ1n) is 12.5. The second-order valence-corrected chi connectivity index (χ2v) is 8.89. The molecule has 1 N–H and O–H groups in total. The van der Waals surface area contributed by atoms with Gasteiger partial charge in [-0.3, -0.25) is 24.6 Å². The van der Waals surface area contributed by atoms with Crippen LogP contribution in [0.15, 0.2) is 108 Å². The maximum atomic E-state index is 13.6. The molecule has 0 aromatic heterocycles. The van der Waals surface area contributed by atoms with Crippen LogP contribution in [0.4, 0.5) is 17.1 Å². The van der Waals surface area contributed by atoms with Gasteiger partial charge in [0, 0.05) is 29.3 Å². The fourth-order valence-electron chi connectivity index (χ4n) is 4.26. The van der Waals surface area contributed by atoms with Crippen LogP contribution in [0.25, 0.3) is 6.08 Å². The third-order valence-electron chi connectivity index (χ3n) is 6.34. The molecule has 204 valence electrons. The molecule has 0 bridgehead atoms. The number of non-ortho nitro benzene ring substituents is 1. The number of hydrogen-bond donors (Lipinski definition) is 1. The van der Waals surface area contributed by atoms with E-state index in [9.17, 15) is 19.7 Å². The summed E-state index contributed by atoms with van der Waals surface area (Å²) in [6.07, 6.45) is 1.58. The van der Waals surface area contributed by atoms with E-state index in [0.29, 0.717) is 39.8 Å². The van der Waals surface area contributed by atoms with E-state index >= 15 is 0 Å². The monoisotopic (exact) mass is 548 g/mol. The molecule has 0 spiro atoms. The van der Waals surface area contributed by atoms with Crippen LogP contribution in [0.2, 0.25) is 0 Å². The number of ether oxygens (including phenoxy) is 2. The van der Waals surface area contributed by atoms with Crippen LogP contribution in [0, 0.1) is 10.1 Å². The van der Waals surface area contributed by atoms with Crippen molar-refractivity contribution in [3.8, 4) is 11.5 Å². The second kappa shape index (κ2) is 11.5. The SMILES string of the molecule is COc1ccc(OC)c(NC(=O)c2ccc(N3C(=O)/C(=C\c4ccc([N+](=O)[O-])cc4)N=C3c3ccccc3)cc2)c1. The van der Waals surface area contributed by atoms with Gasteiger partial charge in [-0.05, 0) is 60.2 Å². The Balaban J connectivity index is 1.44. The van der Waals surface area contributed by atoms with Crippen molar-refractivity contribution < 1.29 is 24.0 Å². The molecule has 0 radical (unpaired) electrons. The Bertz CT molecular complexity index is 1680. The minimum Gasteiger partial charge on any atom is -0.497 e. The number of nitrogens with zero attached hydrogens (tertiary/aromatic N) is 3. The molecular formula is C31H24N4O6. The Morgan fingerprint density at radius 2 is 1.63 bits per heavy atom. The van der Waals surface area contributed by atoms with Gasteiger partial charge in [0.05, 0.1) is 30.5 Å². The Kier molecular flexibility index (Phi) is 7.55. The molecule has 1 heterocycles. The summed E-state index contributed by atoms with van der Waals surface area (Å²) in [4.78, 5) is 43.2. The van der Waals surface area contributed by atoms with Crippen LogP contribution in [-0.2, 0) is 4.79 Å². The number of carbonyl (C=O) groups excluding carboxylic acids is 2. The summed E-state index contributed by atoms with van der Waals surface area (Å²) >= 11 is 0. The number of hydrogen-bond acceptors (Lipinski definition) is 7. The third kappa shape index (κ3) is 5.66. The molecule has 1 aliphatic heterocycles. The topological polar surface area (TPSA) is 123 Å². The van der Waals surface area contributed by atoms with Crippen molar-refractivity contribution >= 4 is 40.8 Å². The minimum absolute atomic E-state index is 0.0472. The third-order valence-corrected chi connectivity index (χ3v) is 6.34. The number of anilines is 2. The van der Waals surface area contributed by atoms with Gasteiger partial charge in [0.2, 0.25) is 0 Å². The summed E-state index contributed by atoms with van der Waals surface area (Å²) in [6.45, 7) is 0. The van der Waals surface area contributed by atoms with Gasteiger partial charge in [-0.1, -0.05) is 30.3 Å². The molecule has 10 nitrogen and oxygen atoms in total. The Morgan fingerprint density at radius 1 is 0.927 bits per heavy atom. The number of amidine groups is 1. The molecule has 1 aliphatic rings. The predicted molar refractivity (Wildman–Crippen MR) is 155 cm³/mol. The van der Waals surface area contributed by atoms with Crippen molar-refractivity contribution in [1.82, 2.24) is 0 Å². The zero-order valence-electron chi connectivity index (χ0n) is 22.1. The second-order valence-electron chi connectivity index (χ2n) is 8.89. The van der Waals surface area contributed by atoms with Crippen LogP contribution in [0.3, 0.4) is 0 Å². The molecule has 41 heavy (non-hydrogen) atoms. The summed E-state index contributed by atoms with van der Waals surface area (Å²) in [5, 5.41) is 13.8. The van der Waals surface area contributed by atoms with Gasteiger partial charge in [-0.2, -0.15) is 0 Å². The van der Waals surface area contributed by atoms with Crippen molar-refractivity contribution in [1.29, 1.82) is 0 Å². The van der Waals surface area contributed by atoms with Gasteiger partial charge in [-0.15, -0.1) is 0 Å². The fraction of sp³-hybridized carbons (Fsp3) is 0.0645. The summed E-state index contributed by atoms with van der Waals surface area (Å²) in [7, 11) is 3.04. The number of nitro groups is 1. The molecule has 5 rings (SSSR count). The van der Waals surface area contributed by atoms with Crippen LogP contribution < -0.4 is 19.7 Å². The first kappa shape index (κ1) is 26.8. The average molecular weight is 549 g/mol. The lowest BCUT2D eigenvalue weighted by Gasteiger charge is -2.19. The highest BCUT2D eigenvalue weighted by Crippen LogP contribution is 2.31. The summed E-state index contributed by atoms with van der Waals surface area (Å²) in [5.41, 5.74) is 2.77. The predicted octanol–water partition coefficient (Wildman–Crippen LogP) is 5.70. The Labute approximate surface area is 235 Å². The highest BCUT2D eigenvalue weighted by Gasteiger charge is 2.32. The van der Waals surface area contributed by atoms with Gasteiger partial charge >= 0.3 is 0 Å². The smallest absolute Gasteiger partial charge is 0.282 e. The zero-order chi connectivity index (χ0) is 28.9. The Morgan fingerprint density at radius 3 is 2.27 bits per heavy atom. The van der Waals surface area contributed by atoms with Crippen LogP contribution >= 0.6 is 0 Å². The maximum absolute atomic E-state index is 13.6. The number of nitro benzene ring substituents is 1. The molecule has 0 aliphatic carbocycles. The van der Waals surface area contributed by atoms with Crippen LogP contribution in [0.1, 0.15) is 21.5 Å². The van der Waals surface area contributed by atoms with E-state index in [2.05, 4.69) is 10.3 Å². The number of aliphatic imine (C=N–C) groups is 1. The van der Waals surface area contributed by atoms with Gasteiger partial charge in [0.25, 0.3) is 17.5 Å². The molecule has 0 atom stereocenters. The van der Waals surface area contributed by atoms with Gasteiger partial charge in [0.1, 0.15) is 23.0 Å². The summed E-state index contributed by atoms with van der Waals surface area (Å²) < 4.78 is 10.6. The van der Waals surface area contributed by atoms with Crippen molar-refractivity contribution in [2.24, 2.45) is 4.99 Å². The average Bonchev–Trinajstić information content (AvgIpc) is 3.33. The van der Waals surface area contributed by atoms with Crippen molar-refractivity contribution in [2.45, 2.75) is 0 Å². The Hall–Kier alpha value is -5.77. The van der Waals surface area contributed by atoms with Crippen LogP contribution in [-0.4, -0.2) is 36.8 Å². The number of nitrogens with one attached hydrogen (secondary N) is 1. The van der Waals surface area contributed by atoms with Gasteiger partial charge < -0.3 is 14.8 Å². The van der Waals surface area contributed by atoms with E-state index in [1.54, 1.807) is 60.7 Å². The van der Waals surface area contributed by atoms with Gasteiger partial charge in [-0.25, -0.2) is 4.99 Å². The number of methoxy groups -OCH3 is 2. The molecule has 4 aromatic carbocycles.